The van der Waals surface area contributed by atoms with Crippen LogP contribution in [0.1, 0.15) is 32.3 Å². The topological polar surface area (TPSA) is 61.5 Å². The summed E-state index contributed by atoms with van der Waals surface area (Å²) in [7, 11) is 0. The van der Waals surface area contributed by atoms with Gasteiger partial charge in [0.05, 0.1) is 12.2 Å². The van der Waals surface area contributed by atoms with Crippen molar-refractivity contribution in [3.8, 4) is 0 Å². The summed E-state index contributed by atoms with van der Waals surface area (Å²) >= 11 is 0. The lowest BCUT2D eigenvalue weighted by Crippen LogP contribution is -2.46. The highest BCUT2D eigenvalue weighted by molar-refractivity contribution is 5.45. The largest absolute Gasteiger partial charge is 0.372 e. The van der Waals surface area contributed by atoms with Gasteiger partial charge < -0.3 is 14.5 Å². The molecule has 6 nitrogen and oxygen atoms in total. The van der Waals surface area contributed by atoms with Gasteiger partial charge in [-0.2, -0.15) is 4.98 Å². The van der Waals surface area contributed by atoms with E-state index in [9.17, 15) is 4.79 Å². The number of hydrogen-bond donors (Lipinski definition) is 1. The van der Waals surface area contributed by atoms with Crippen LogP contribution in [0.2, 0.25) is 0 Å². The third-order valence-electron chi connectivity index (χ3n) is 5.42. The zero-order valence-electron chi connectivity index (χ0n) is 16.1. The van der Waals surface area contributed by atoms with Crippen molar-refractivity contribution in [2.45, 2.75) is 51.4 Å². The van der Waals surface area contributed by atoms with Crippen molar-refractivity contribution in [2.24, 2.45) is 0 Å². The second-order valence-electron chi connectivity index (χ2n) is 7.77. The second-order valence-corrected chi connectivity index (χ2v) is 7.77. The Bertz CT molecular complexity index is 812. The van der Waals surface area contributed by atoms with Gasteiger partial charge in [0.15, 0.2) is 0 Å². The van der Waals surface area contributed by atoms with E-state index in [-0.39, 0.29) is 17.8 Å². The van der Waals surface area contributed by atoms with Crippen LogP contribution in [0.15, 0.2) is 41.2 Å². The molecule has 0 radical (unpaired) electrons. The molecule has 2 aliphatic heterocycles. The van der Waals surface area contributed by atoms with Crippen LogP contribution in [0.4, 0.5) is 11.8 Å². The predicted octanol–water partition coefficient (Wildman–Crippen LogP) is 2.60. The van der Waals surface area contributed by atoms with Crippen LogP contribution in [0.5, 0.6) is 0 Å². The molecule has 0 amide bonds. The van der Waals surface area contributed by atoms with Crippen molar-refractivity contribution in [1.82, 2.24) is 9.97 Å². The first-order valence-electron chi connectivity index (χ1n) is 9.91. The van der Waals surface area contributed by atoms with Gasteiger partial charge in [-0.3, -0.25) is 9.78 Å². The van der Waals surface area contributed by atoms with E-state index in [4.69, 9.17) is 9.72 Å². The molecular weight excluding hydrogens is 340 g/mol. The van der Waals surface area contributed by atoms with Gasteiger partial charge in [0.1, 0.15) is 5.82 Å². The summed E-state index contributed by atoms with van der Waals surface area (Å²) in [6.07, 6.45) is 3.48. The van der Waals surface area contributed by atoms with Gasteiger partial charge in [-0.1, -0.05) is 30.3 Å². The van der Waals surface area contributed by atoms with Crippen molar-refractivity contribution in [3.63, 3.8) is 0 Å². The molecule has 1 aromatic carbocycles. The Balaban J connectivity index is 1.57. The molecule has 0 spiro atoms. The average Bonchev–Trinajstić information content (AvgIpc) is 3.09. The molecular formula is C21H28N4O2. The summed E-state index contributed by atoms with van der Waals surface area (Å²) in [5.41, 5.74) is 1.23. The fourth-order valence-electron chi connectivity index (χ4n) is 4.31. The number of rotatable bonds is 4. The summed E-state index contributed by atoms with van der Waals surface area (Å²) in [6.45, 7) is 6.57. The molecule has 1 unspecified atom stereocenters. The van der Waals surface area contributed by atoms with E-state index in [1.165, 1.54) is 5.56 Å². The highest BCUT2D eigenvalue weighted by atomic mass is 16.5. The van der Waals surface area contributed by atoms with E-state index in [2.05, 4.69) is 52.9 Å². The molecule has 27 heavy (non-hydrogen) atoms. The number of benzene rings is 1. The number of nitrogens with one attached hydrogen (secondary N) is 1. The summed E-state index contributed by atoms with van der Waals surface area (Å²) < 4.78 is 5.82. The van der Waals surface area contributed by atoms with Crippen LogP contribution in [0.3, 0.4) is 0 Å². The fraction of sp³-hybridized carbons (Fsp3) is 0.524. The first kappa shape index (κ1) is 18.0. The monoisotopic (exact) mass is 368 g/mol. The van der Waals surface area contributed by atoms with E-state index < -0.39 is 0 Å². The molecule has 2 fully saturated rings. The Morgan fingerprint density at radius 1 is 1.19 bits per heavy atom. The summed E-state index contributed by atoms with van der Waals surface area (Å²) in [5, 5.41) is 0. The molecule has 2 aliphatic rings. The Kier molecular flexibility index (Phi) is 5.16. The van der Waals surface area contributed by atoms with Gasteiger partial charge >= 0.3 is 0 Å². The number of H-pyrrole nitrogens is 1. The molecule has 4 rings (SSSR count). The molecule has 6 heteroatoms. The molecule has 2 saturated heterocycles. The number of aromatic nitrogens is 2. The number of ether oxygens (including phenoxy) is 1. The van der Waals surface area contributed by atoms with Crippen molar-refractivity contribution in [1.29, 1.82) is 0 Å². The minimum absolute atomic E-state index is 0.0906. The van der Waals surface area contributed by atoms with Gasteiger partial charge in [-0.05, 0) is 38.7 Å². The number of anilines is 2. The highest BCUT2D eigenvalue weighted by Gasteiger charge is 2.28. The smallest absolute Gasteiger partial charge is 0.254 e. The Morgan fingerprint density at radius 3 is 2.67 bits per heavy atom. The van der Waals surface area contributed by atoms with Crippen LogP contribution in [-0.4, -0.2) is 47.9 Å². The van der Waals surface area contributed by atoms with Crippen LogP contribution < -0.4 is 15.4 Å². The summed E-state index contributed by atoms with van der Waals surface area (Å²) in [4.78, 5) is 24.6. The van der Waals surface area contributed by atoms with Gasteiger partial charge in [0.25, 0.3) is 5.56 Å². The molecule has 1 aromatic heterocycles. The number of aromatic amines is 1. The maximum absolute atomic E-state index is 12.4. The standard InChI is InChI=1S/C21H28N4O2/c1-15-13-24(14-16(2)27-15)19-12-20(26)23-21(22-19)25-10-6-9-18(25)11-17-7-4-3-5-8-17/h3-5,7-8,12,15-16,18H,6,9-11,13-14H2,1-2H3,(H,22,23,26)/t15-,16-,18?/m1/s1. The maximum Gasteiger partial charge on any atom is 0.254 e. The lowest BCUT2D eigenvalue weighted by molar-refractivity contribution is -0.00546. The van der Waals surface area contributed by atoms with Crippen molar-refractivity contribution in [3.05, 3.63) is 52.3 Å². The van der Waals surface area contributed by atoms with Gasteiger partial charge in [0.2, 0.25) is 5.95 Å². The Labute approximate surface area is 160 Å². The maximum atomic E-state index is 12.4. The predicted molar refractivity (Wildman–Crippen MR) is 108 cm³/mol. The van der Waals surface area contributed by atoms with Gasteiger partial charge in [0, 0.05) is 31.7 Å². The highest BCUT2D eigenvalue weighted by Crippen LogP contribution is 2.26. The van der Waals surface area contributed by atoms with Gasteiger partial charge in [-0.15, -0.1) is 0 Å². The molecule has 1 N–H and O–H groups in total. The van der Waals surface area contributed by atoms with E-state index in [0.717, 1.165) is 44.7 Å². The number of morpholine rings is 1. The summed E-state index contributed by atoms with van der Waals surface area (Å²) in [5.74, 6) is 1.45. The Morgan fingerprint density at radius 2 is 1.93 bits per heavy atom. The number of nitrogens with zero attached hydrogens (tertiary/aromatic N) is 3. The van der Waals surface area contributed by atoms with E-state index in [1.54, 1.807) is 6.07 Å². The molecule has 2 aromatic rings. The van der Waals surface area contributed by atoms with Crippen molar-refractivity contribution < 1.29 is 4.74 Å². The normalized spacial score (nSPS) is 25.8. The molecule has 0 saturated carbocycles. The molecule has 0 bridgehead atoms. The molecule has 0 aliphatic carbocycles. The van der Waals surface area contributed by atoms with Crippen LogP contribution in [0.25, 0.3) is 0 Å². The second kappa shape index (κ2) is 7.72. The zero-order valence-corrected chi connectivity index (χ0v) is 16.1. The SMILES string of the molecule is C[C@@H]1CN(c2cc(=O)[nH]c(N3CCCC3Cc3ccccc3)n2)C[C@@H](C)O1. The van der Waals surface area contributed by atoms with E-state index >= 15 is 0 Å². The van der Waals surface area contributed by atoms with E-state index in [1.807, 2.05) is 6.07 Å². The first-order valence-corrected chi connectivity index (χ1v) is 9.91. The van der Waals surface area contributed by atoms with Crippen molar-refractivity contribution >= 4 is 11.8 Å². The molecule has 3 heterocycles. The molecule has 144 valence electrons. The minimum Gasteiger partial charge on any atom is -0.372 e. The van der Waals surface area contributed by atoms with Crippen LogP contribution >= 0.6 is 0 Å². The summed E-state index contributed by atoms with van der Waals surface area (Å²) in [6, 6.07) is 12.5. The minimum atomic E-state index is -0.0906. The van der Waals surface area contributed by atoms with Crippen molar-refractivity contribution in [2.75, 3.05) is 29.4 Å². The molecule has 3 atom stereocenters. The first-order chi connectivity index (χ1) is 13.1. The lowest BCUT2D eigenvalue weighted by Gasteiger charge is -2.36. The van der Waals surface area contributed by atoms with E-state index in [0.29, 0.717) is 12.0 Å². The Hall–Kier alpha value is -2.34. The third-order valence-corrected chi connectivity index (χ3v) is 5.42. The average molecular weight is 368 g/mol. The quantitative estimate of drug-likeness (QED) is 0.899. The van der Waals surface area contributed by atoms with Crippen LogP contribution in [-0.2, 0) is 11.2 Å². The van der Waals surface area contributed by atoms with Gasteiger partial charge in [-0.25, -0.2) is 0 Å². The fourth-order valence-corrected chi connectivity index (χ4v) is 4.31. The zero-order chi connectivity index (χ0) is 18.8. The third kappa shape index (κ3) is 4.16. The lowest BCUT2D eigenvalue weighted by atomic mass is 10.0. The van der Waals surface area contributed by atoms with Crippen LogP contribution in [0, 0.1) is 0 Å². The number of hydrogen-bond acceptors (Lipinski definition) is 5.